The third-order valence-electron chi connectivity index (χ3n) is 10.7. The van der Waals surface area contributed by atoms with Crippen LogP contribution >= 0.6 is 7.82 Å². The van der Waals surface area contributed by atoms with Crippen molar-refractivity contribution in [3.8, 4) is 0 Å². The largest absolute Gasteiger partial charge is 0.472 e. The summed E-state index contributed by atoms with van der Waals surface area (Å²) in [5.41, 5.74) is 0. The highest BCUT2D eigenvalue weighted by Crippen LogP contribution is 2.43. The van der Waals surface area contributed by atoms with E-state index >= 15 is 0 Å². The summed E-state index contributed by atoms with van der Waals surface area (Å²) in [4.78, 5) is 35.6. The van der Waals surface area contributed by atoms with E-state index in [9.17, 15) is 19.0 Å². The Morgan fingerprint density at radius 1 is 0.443 bits per heavy atom. The minimum Gasteiger partial charge on any atom is -0.462 e. The van der Waals surface area contributed by atoms with E-state index in [4.69, 9.17) is 18.5 Å². The van der Waals surface area contributed by atoms with E-state index in [1.807, 2.05) is 27.2 Å². The molecule has 2 atom stereocenters. The van der Waals surface area contributed by atoms with Gasteiger partial charge in [0.1, 0.15) is 19.8 Å². The number of carbonyl (C=O) groups is 2. The maximum atomic E-state index is 12.8. The molecule has 0 saturated heterocycles. The van der Waals surface area contributed by atoms with Crippen molar-refractivity contribution in [1.29, 1.82) is 0 Å². The van der Waals surface area contributed by atoms with E-state index in [-0.39, 0.29) is 26.1 Å². The molecule has 0 rings (SSSR count). The molecule has 0 radical (unpaired) electrons. The lowest BCUT2D eigenvalue weighted by atomic mass is 10.1. The zero-order valence-electron chi connectivity index (χ0n) is 44.7. The predicted octanol–water partition coefficient (Wildman–Crippen LogP) is 16.6. The monoisotopic (exact) mass is 993 g/mol. The summed E-state index contributed by atoms with van der Waals surface area (Å²) < 4.78 is 34.4. The summed E-state index contributed by atoms with van der Waals surface area (Å²) >= 11 is 0. The van der Waals surface area contributed by atoms with Gasteiger partial charge in [0.2, 0.25) is 0 Å². The van der Waals surface area contributed by atoms with Crippen molar-refractivity contribution < 1.29 is 42.1 Å². The van der Waals surface area contributed by atoms with E-state index in [0.717, 1.165) is 103 Å². The number of likely N-dealkylation sites (N-methyl/N-ethyl adjacent to an activating group) is 1. The van der Waals surface area contributed by atoms with Crippen LogP contribution in [-0.4, -0.2) is 74.9 Å². The molecule has 0 fully saturated rings. The Morgan fingerprint density at radius 3 is 1.19 bits per heavy atom. The molecule has 0 aliphatic heterocycles. The van der Waals surface area contributed by atoms with Crippen LogP contribution in [0.1, 0.15) is 181 Å². The zero-order valence-corrected chi connectivity index (χ0v) is 45.6. The van der Waals surface area contributed by atoms with Crippen molar-refractivity contribution >= 4 is 19.8 Å². The Morgan fingerprint density at radius 2 is 0.786 bits per heavy atom. The maximum absolute atomic E-state index is 12.8. The molecule has 1 N–H and O–H groups in total. The average Bonchev–Trinajstić information content (AvgIpc) is 3.32. The van der Waals surface area contributed by atoms with Crippen LogP contribution in [0.25, 0.3) is 0 Å². The molecule has 2 unspecified atom stereocenters. The Labute approximate surface area is 428 Å². The van der Waals surface area contributed by atoms with Gasteiger partial charge in [0, 0.05) is 12.8 Å². The van der Waals surface area contributed by atoms with Gasteiger partial charge < -0.3 is 18.9 Å². The highest BCUT2D eigenvalue weighted by Gasteiger charge is 2.27. The lowest BCUT2D eigenvalue weighted by Crippen LogP contribution is -2.37. The lowest BCUT2D eigenvalue weighted by Gasteiger charge is -2.24. The van der Waals surface area contributed by atoms with Crippen LogP contribution in [0.3, 0.4) is 0 Å². The number of nitrogens with zero attached hydrogens (tertiary/aromatic N) is 1. The minimum atomic E-state index is -4.41. The molecule has 0 aromatic heterocycles. The number of ether oxygens (including phenoxy) is 2. The Balaban J connectivity index is 4.36. The van der Waals surface area contributed by atoms with Gasteiger partial charge in [-0.3, -0.25) is 18.6 Å². The van der Waals surface area contributed by atoms with E-state index < -0.39 is 32.5 Å². The van der Waals surface area contributed by atoms with E-state index in [0.29, 0.717) is 23.9 Å². The summed E-state index contributed by atoms with van der Waals surface area (Å²) in [6.45, 7) is 4.11. The maximum Gasteiger partial charge on any atom is 0.472 e. The fourth-order valence-corrected chi connectivity index (χ4v) is 7.32. The van der Waals surface area contributed by atoms with Crippen molar-refractivity contribution in [2.75, 3.05) is 47.5 Å². The van der Waals surface area contributed by atoms with Crippen LogP contribution in [0.5, 0.6) is 0 Å². The zero-order chi connectivity index (χ0) is 51.3. The van der Waals surface area contributed by atoms with Crippen LogP contribution in [0.15, 0.2) is 134 Å². The number of allylic oxidation sites excluding steroid dienone is 22. The number of phosphoric acid groups is 1. The van der Waals surface area contributed by atoms with Crippen molar-refractivity contribution in [3.63, 3.8) is 0 Å². The van der Waals surface area contributed by atoms with Crippen molar-refractivity contribution in [2.45, 2.75) is 187 Å². The third-order valence-corrected chi connectivity index (χ3v) is 11.7. The fourth-order valence-electron chi connectivity index (χ4n) is 6.58. The van der Waals surface area contributed by atoms with Gasteiger partial charge in [0.15, 0.2) is 6.10 Å². The summed E-state index contributed by atoms with van der Waals surface area (Å²) in [5.74, 6) is -0.884. The average molecular weight is 993 g/mol. The number of carbonyl (C=O) groups excluding carboxylic acids is 2. The molecule has 0 aromatic carbocycles. The number of unbranched alkanes of at least 4 members (excludes halogenated alkanes) is 11. The van der Waals surface area contributed by atoms with Crippen LogP contribution in [0.4, 0.5) is 0 Å². The molecule has 0 aliphatic rings. The molecule has 0 aromatic rings. The van der Waals surface area contributed by atoms with Gasteiger partial charge in [-0.05, 0) is 103 Å². The number of rotatable bonds is 47. The molecular formula is C60H99NO8P+. The Kier molecular flexibility index (Phi) is 47.3. The van der Waals surface area contributed by atoms with Gasteiger partial charge in [0.05, 0.1) is 27.7 Å². The molecule has 0 amide bonds. The van der Waals surface area contributed by atoms with Crippen molar-refractivity contribution in [3.05, 3.63) is 134 Å². The second-order valence-electron chi connectivity index (χ2n) is 18.5. The van der Waals surface area contributed by atoms with Gasteiger partial charge in [-0.15, -0.1) is 0 Å². The highest BCUT2D eigenvalue weighted by molar-refractivity contribution is 7.47. The Hall–Kier alpha value is -3.85. The van der Waals surface area contributed by atoms with Crippen LogP contribution in [-0.2, 0) is 32.7 Å². The minimum absolute atomic E-state index is 0.0120. The van der Waals surface area contributed by atoms with E-state index in [1.165, 1.54) is 38.5 Å². The molecular weight excluding hydrogens is 894 g/mol. The van der Waals surface area contributed by atoms with Crippen LogP contribution in [0.2, 0.25) is 0 Å². The number of hydrogen-bond donors (Lipinski definition) is 1. The van der Waals surface area contributed by atoms with Gasteiger partial charge >= 0.3 is 19.8 Å². The van der Waals surface area contributed by atoms with Gasteiger partial charge in [-0.1, -0.05) is 199 Å². The van der Waals surface area contributed by atoms with Gasteiger partial charge in [-0.2, -0.15) is 0 Å². The summed E-state index contributed by atoms with van der Waals surface area (Å²) in [6, 6.07) is 0. The first-order chi connectivity index (χ1) is 34.0. The second kappa shape index (κ2) is 50.1. The standard InChI is InChI=1S/C60H98NO8P/c1-6-8-10-12-14-16-18-20-22-24-26-28-30-32-34-36-38-40-42-44-46-48-50-52-59(62)66-56-58(57-68-70(64,65)67-55-54-61(3,4)5)69-60(63)53-51-49-47-45-43-41-39-37-35-33-31-29-27-25-23-21-19-17-15-13-11-9-7-2/h8-11,14-17,20-23,26-29,33,35,39,41,45,47,58H,6-7,12-13,18-19,24-25,30-32,34,36-38,40,42-44,46,48-57H2,1-5H3/p+1/b10-8-,11-9-,16-14-,17-15-,22-20-,23-21-,28-26-,29-27-,35-33-,41-39-,47-45-. The first-order valence-electron chi connectivity index (χ1n) is 26.9. The topological polar surface area (TPSA) is 108 Å². The number of quaternary nitrogens is 1. The first-order valence-corrected chi connectivity index (χ1v) is 28.4. The SMILES string of the molecule is CC/C=C\C/C=C\C/C=C\C/C=C\C/C=C\C/C=C\C/C=C\CCCC(=O)OC(COC(=O)CCCCCCCCCCCC/C=C\C/C=C\C/C=C\C/C=C\CC)COP(=O)(O)OCC[N+](C)(C)C. The van der Waals surface area contributed by atoms with Crippen LogP contribution < -0.4 is 0 Å². The van der Waals surface area contributed by atoms with E-state index in [1.54, 1.807) is 0 Å². The summed E-state index contributed by atoms with van der Waals surface area (Å²) in [5, 5.41) is 0. The molecule has 0 heterocycles. The summed E-state index contributed by atoms with van der Waals surface area (Å²) in [7, 11) is 1.41. The van der Waals surface area contributed by atoms with E-state index in [2.05, 4.69) is 141 Å². The summed E-state index contributed by atoms with van der Waals surface area (Å²) in [6.07, 6.45) is 72.3. The normalized spacial score (nSPS) is 14.4. The van der Waals surface area contributed by atoms with Gasteiger partial charge in [0.25, 0.3) is 0 Å². The fraction of sp³-hybridized carbons (Fsp3) is 0.600. The second-order valence-corrected chi connectivity index (χ2v) is 19.9. The molecule has 9 nitrogen and oxygen atoms in total. The smallest absolute Gasteiger partial charge is 0.462 e. The third kappa shape index (κ3) is 53.5. The molecule has 0 saturated carbocycles. The van der Waals surface area contributed by atoms with Crippen molar-refractivity contribution in [1.82, 2.24) is 0 Å². The molecule has 10 heteroatoms. The quantitative estimate of drug-likeness (QED) is 0.0211. The molecule has 0 spiro atoms. The highest BCUT2D eigenvalue weighted by atomic mass is 31.2. The molecule has 396 valence electrons. The molecule has 0 bridgehead atoms. The van der Waals surface area contributed by atoms with Gasteiger partial charge in [-0.25, -0.2) is 4.57 Å². The number of hydrogen-bond acceptors (Lipinski definition) is 7. The predicted molar refractivity (Wildman–Crippen MR) is 297 cm³/mol. The van der Waals surface area contributed by atoms with Crippen LogP contribution in [0, 0.1) is 0 Å². The number of phosphoric ester groups is 1. The first kappa shape index (κ1) is 66.2. The van der Waals surface area contributed by atoms with Crippen molar-refractivity contribution in [2.24, 2.45) is 0 Å². The molecule has 0 aliphatic carbocycles. The molecule has 70 heavy (non-hydrogen) atoms. The Bertz CT molecular complexity index is 1640. The number of esters is 2. The lowest BCUT2D eigenvalue weighted by molar-refractivity contribution is -0.870.